The van der Waals surface area contributed by atoms with Crippen molar-refractivity contribution >= 4 is 29.9 Å². The molecule has 1 aromatic heterocycles. The molecular formula is C18H25IN6. The van der Waals surface area contributed by atoms with E-state index in [2.05, 4.69) is 49.6 Å². The number of likely N-dealkylation sites (tertiary alicyclic amines) is 1. The van der Waals surface area contributed by atoms with Crippen molar-refractivity contribution in [2.24, 2.45) is 10.4 Å². The fourth-order valence-corrected chi connectivity index (χ4v) is 3.82. The number of rotatable bonds is 3. The van der Waals surface area contributed by atoms with Crippen molar-refractivity contribution in [1.82, 2.24) is 25.0 Å². The molecule has 0 unspecified atom stereocenters. The Hall–Kier alpha value is -1.64. The fourth-order valence-electron chi connectivity index (χ4n) is 3.82. The third-order valence-electron chi connectivity index (χ3n) is 5.43. The van der Waals surface area contributed by atoms with Crippen LogP contribution in [0.5, 0.6) is 0 Å². The topological polar surface area (TPSA) is 58.3 Å². The number of guanidine groups is 1. The highest BCUT2D eigenvalue weighted by molar-refractivity contribution is 14.0. The summed E-state index contributed by atoms with van der Waals surface area (Å²) in [5.74, 6) is 1.03. The van der Waals surface area contributed by atoms with Crippen LogP contribution in [0.4, 0.5) is 0 Å². The lowest BCUT2D eigenvalue weighted by molar-refractivity contribution is 0.151. The van der Waals surface area contributed by atoms with E-state index < -0.39 is 0 Å². The SMILES string of the molecule is CN=C(NCc1ccc(-n2cncn2)cc1)N1CCC2(CCC2)C1.I. The molecular weight excluding hydrogens is 427 g/mol. The second-order valence-electron chi connectivity index (χ2n) is 6.93. The molecule has 2 heterocycles. The molecule has 0 atom stereocenters. The van der Waals surface area contributed by atoms with E-state index in [0.717, 1.165) is 31.3 Å². The van der Waals surface area contributed by atoms with Gasteiger partial charge in [-0.15, -0.1) is 24.0 Å². The van der Waals surface area contributed by atoms with Gasteiger partial charge in [0.15, 0.2) is 5.96 Å². The Kier molecular flexibility index (Phi) is 5.61. The van der Waals surface area contributed by atoms with E-state index in [4.69, 9.17) is 0 Å². The standard InChI is InChI=1S/C18H24N6.HI/c1-19-17(23-10-9-18(12-23)7-2-8-18)21-11-15-3-5-16(6-4-15)24-14-20-13-22-24;/h3-6,13-14H,2,7-12H2,1H3,(H,19,21);1H. The quantitative estimate of drug-likeness (QED) is 0.442. The lowest BCUT2D eigenvalue weighted by atomic mass is 9.68. The van der Waals surface area contributed by atoms with Gasteiger partial charge in [-0.05, 0) is 42.4 Å². The number of benzene rings is 1. The smallest absolute Gasteiger partial charge is 0.193 e. The van der Waals surface area contributed by atoms with Crippen LogP contribution in [0.2, 0.25) is 0 Å². The monoisotopic (exact) mass is 452 g/mol. The lowest BCUT2D eigenvalue weighted by Gasteiger charge is -2.38. The number of halogens is 1. The Morgan fingerprint density at radius 1 is 1.24 bits per heavy atom. The Labute approximate surface area is 165 Å². The van der Waals surface area contributed by atoms with Gasteiger partial charge in [-0.3, -0.25) is 4.99 Å². The predicted molar refractivity (Wildman–Crippen MR) is 109 cm³/mol. The Bertz CT molecular complexity index is 706. The molecule has 0 radical (unpaired) electrons. The minimum absolute atomic E-state index is 0. The van der Waals surface area contributed by atoms with E-state index in [-0.39, 0.29) is 24.0 Å². The van der Waals surface area contributed by atoms with Crippen molar-refractivity contribution in [3.05, 3.63) is 42.5 Å². The molecule has 6 nitrogen and oxygen atoms in total. The minimum atomic E-state index is 0. The van der Waals surface area contributed by atoms with Crippen LogP contribution in [0.25, 0.3) is 5.69 Å². The van der Waals surface area contributed by atoms with E-state index in [1.54, 1.807) is 17.3 Å². The summed E-state index contributed by atoms with van der Waals surface area (Å²) in [7, 11) is 1.88. The maximum atomic E-state index is 4.48. The summed E-state index contributed by atoms with van der Waals surface area (Å²) in [5, 5.41) is 7.66. The molecule has 4 rings (SSSR count). The summed E-state index contributed by atoms with van der Waals surface area (Å²) < 4.78 is 1.76. The third kappa shape index (κ3) is 3.80. The number of aliphatic imine (C=N–C) groups is 1. The molecule has 1 saturated heterocycles. The molecule has 0 bridgehead atoms. The van der Waals surface area contributed by atoms with Crippen LogP contribution in [-0.2, 0) is 6.54 Å². The van der Waals surface area contributed by atoms with Gasteiger partial charge in [0.05, 0.1) is 5.69 Å². The summed E-state index contributed by atoms with van der Waals surface area (Å²) >= 11 is 0. The summed E-state index contributed by atoms with van der Waals surface area (Å²) in [6.45, 7) is 3.08. The molecule has 2 aromatic rings. The van der Waals surface area contributed by atoms with Crippen molar-refractivity contribution in [2.75, 3.05) is 20.1 Å². The largest absolute Gasteiger partial charge is 0.352 e. The van der Waals surface area contributed by atoms with Crippen molar-refractivity contribution in [3.63, 3.8) is 0 Å². The van der Waals surface area contributed by atoms with E-state index in [1.165, 1.54) is 31.2 Å². The zero-order chi connectivity index (χ0) is 16.4. The summed E-state index contributed by atoms with van der Waals surface area (Å²) in [6.07, 6.45) is 8.76. The zero-order valence-electron chi connectivity index (χ0n) is 14.6. The van der Waals surface area contributed by atoms with Gasteiger partial charge in [0.25, 0.3) is 0 Å². The summed E-state index contributed by atoms with van der Waals surface area (Å²) in [6, 6.07) is 8.37. The van der Waals surface area contributed by atoms with Crippen molar-refractivity contribution in [2.45, 2.75) is 32.2 Å². The average Bonchev–Trinajstić information content (AvgIpc) is 3.26. The van der Waals surface area contributed by atoms with Crippen LogP contribution in [0.3, 0.4) is 0 Å². The normalized spacial score (nSPS) is 18.8. The summed E-state index contributed by atoms with van der Waals surface area (Å²) in [5.41, 5.74) is 2.85. The van der Waals surface area contributed by atoms with Gasteiger partial charge in [0.1, 0.15) is 12.7 Å². The van der Waals surface area contributed by atoms with E-state index in [1.807, 2.05) is 7.05 Å². The molecule has 1 aliphatic heterocycles. The maximum Gasteiger partial charge on any atom is 0.193 e. The van der Waals surface area contributed by atoms with Crippen LogP contribution < -0.4 is 5.32 Å². The molecule has 0 amide bonds. The number of nitrogens with one attached hydrogen (secondary N) is 1. The first-order valence-corrected chi connectivity index (χ1v) is 8.68. The van der Waals surface area contributed by atoms with Gasteiger partial charge in [-0.1, -0.05) is 18.6 Å². The molecule has 1 aliphatic carbocycles. The second-order valence-corrected chi connectivity index (χ2v) is 6.93. The maximum absolute atomic E-state index is 4.48. The van der Waals surface area contributed by atoms with Crippen LogP contribution in [0.15, 0.2) is 41.9 Å². The zero-order valence-corrected chi connectivity index (χ0v) is 16.9. The van der Waals surface area contributed by atoms with Crippen LogP contribution in [0, 0.1) is 5.41 Å². The number of aromatic nitrogens is 3. The Morgan fingerprint density at radius 2 is 2.04 bits per heavy atom. The number of nitrogens with zero attached hydrogens (tertiary/aromatic N) is 5. The van der Waals surface area contributed by atoms with E-state index >= 15 is 0 Å². The predicted octanol–water partition coefficient (Wildman–Crippen LogP) is 2.84. The highest BCUT2D eigenvalue weighted by Gasteiger charge is 2.43. The van der Waals surface area contributed by atoms with Gasteiger partial charge >= 0.3 is 0 Å². The minimum Gasteiger partial charge on any atom is -0.352 e. The first kappa shape index (κ1) is 18.2. The molecule has 25 heavy (non-hydrogen) atoms. The molecule has 1 saturated carbocycles. The van der Waals surface area contributed by atoms with E-state index in [0.29, 0.717) is 5.41 Å². The molecule has 134 valence electrons. The van der Waals surface area contributed by atoms with Crippen molar-refractivity contribution < 1.29 is 0 Å². The highest BCUT2D eigenvalue weighted by atomic mass is 127. The Balaban J connectivity index is 0.00000182. The highest BCUT2D eigenvalue weighted by Crippen LogP contribution is 2.47. The first-order valence-electron chi connectivity index (χ1n) is 8.68. The van der Waals surface area contributed by atoms with E-state index in [9.17, 15) is 0 Å². The van der Waals surface area contributed by atoms with Crippen LogP contribution in [-0.4, -0.2) is 45.8 Å². The molecule has 1 aromatic carbocycles. The van der Waals surface area contributed by atoms with Crippen molar-refractivity contribution in [1.29, 1.82) is 0 Å². The second kappa shape index (κ2) is 7.72. The van der Waals surface area contributed by atoms with Gasteiger partial charge in [-0.2, -0.15) is 5.10 Å². The van der Waals surface area contributed by atoms with Crippen molar-refractivity contribution in [3.8, 4) is 5.69 Å². The fraction of sp³-hybridized carbons (Fsp3) is 0.500. The Morgan fingerprint density at radius 3 is 2.60 bits per heavy atom. The van der Waals surface area contributed by atoms with Gasteiger partial charge in [0.2, 0.25) is 0 Å². The lowest BCUT2D eigenvalue weighted by Crippen LogP contribution is -2.42. The van der Waals surface area contributed by atoms with Crippen LogP contribution in [0.1, 0.15) is 31.2 Å². The van der Waals surface area contributed by atoms with Gasteiger partial charge in [0, 0.05) is 26.7 Å². The molecule has 7 heteroatoms. The van der Waals surface area contributed by atoms with Gasteiger partial charge < -0.3 is 10.2 Å². The molecule has 1 spiro atoms. The number of hydrogen-bond acceptors (Lipinski definition) is 3. The third-order valence-corrected chi connectivity index (χ3v) is 5.43. The first-order chi connectivity index (χ1) is 11.8. The van der Waals surface area contributed by atoms with Gasteiger partial charge in [-0.25, -0.2) is 9.67 Å². The molecule has 2 fully saturated rings. The summed E-state index contributed by atoms with van der Waals surface area (Å²) in [4.78, 5) is 10.9. The number of hydrogen-bond donors (Lipinski definition) is 1. The molecule has 2 aliphatic rings. The molecule has 1 N–H and O–H groups in total. The average molecular weight is 452 g/mol. The van der Waals surface area contributed by atoms with Crippen LogP contribution >= 0.6 is 24.0 Å².